The lowest BCUT2D eigenvalue weighted by Gasteiger charge is -2.34. The Hall–Kier alpha value is -2.53. The summed E-state index contributed by atoms with van der Waals surface area (Å²) < 4.78 is 0. The zero-order valence-electron chi connectivity index (χ0n) is 13.8. The molecule has 0 N–H and O–H groups in total. The maximum atomic E-state index is 12.4. The van der Waals surface area contributed by atoms with Crippen molar-refractivity contribution in [1.29, 1.82) is 0 Å². The van der Waals surface area contributed by atoms with E-state index in [-0.39, 0.29) is 11.7 Å². The van der Waals surface area contributed by atoms with Crippen molar-refractivity contribution < 1.29 is 9.59 Å². The Balaban J connectivity index is 1.53. The lowest BCUT2D eigenvalue weighted by molar-refractivity contribution is 0.0624. The average molecular weight is 323 g/mol. The fraction of sp³-hybridized carbons (Fsp3) is 0.316. The van der Waals surface area contributed by atoms with Crippen LogP contribution in [0.5, 0.6) is 0 Å². The second kappa shape index (κ2) is 7.36. The number of amides is 1. The number of hydrogen-bond donors (Lipinski definition) is 0. The van der Waals surface area contributed by atoms with Crippen LogP contribution in [0.1, 0.15) is 26.3 Å². The second-order valence-electron chi connectivity index (χ2n) is 6.09. The van der Waals surface area contributed by atoms with Crippen LogP contribution in [0.15, 0.2) is 48.8 Å². The molecule has 1 aromatic heterocycles. The van der Waals surface area contributed by atoms with E-state index in [0.29, 0.717) is 38.3 Å². The molecule has 0 radical (unpaired) electrons. The van der Waals surface area contributed by atoms with Gasteiger partial charge in [0.25, 0.3) is 5.91 Å². The van der Waals surface area contributed by atoms with E-state index < -0.39 is 0 Å². The first-order valence-electron chi connectivity index (χ1n) is 8.15. The molecule has 1 amide bonds. The lowest BCUT2D eigenvalue weighted by Crippen LogP contribution is -2.49. The number of aryl methyl sites for hydroxylation is 1. The van der Waals surface area contributed by atoms with Crippen LogP contribution in [0.25, 0.3) is 0 Å². The Morgan fingerprint density at radius 1 is 0.917 bits per heavy atom. The quantitative estimate of drug-likeness (QED) is 0.808. The highest BCUT2D eigenvalue weighted by molar-refractivity contribution is 5.97. The number of rotatable bonds is 4. The van der Waals surface area contributed by atoms with E-state index >= 15 is 0 Å². The van der Waals surface area contributed by atoms with Crippen molar-refractivity contribution >= 4 is 11.7 Å². The largest absolute Gasteiger partial charge is 0.336 e. The first-order valence-corrected chi connectivity index (χ1v) is 8.15. The van der Waals surface area contributed by atoms with E-state index in [0.717, 1.165) is 11.1 Å². The molecular weight excluding hydrogens is 302 g/mol. The van der Waals surface area contributed by atoms with Crippen LogP contribution in [0.4, 0.5) is 0 Å². The molecule has 5 nitrogen and oxygen atoms in total. The number of nitrogens with zero attached hydrogens (tertiary/aromatic N) is 3. The minimum Gasteiger partial charge on any atom is -0.336 e. The standard InChI is InChI=1S/C19H21N3O2/c1-15-2-4-16(5-3-15)18(23)14-21-10-12-22(13-11-21)19(24)17-6-8-20-9-7-17/h2-9H,10-14H2,1H3. The summed E-state index contributed by atoms with van der Waals surface area (Å²) in [5.74, 6) is 0.158. The van der Waals surface area contributed by atoms with Gasteiger partial charge < -0.3 is 4.90 Å². The molecule has 2 heterocycles. The number of piperazine rings is 1. The highest BCUT2D eigenvalue weighted by Crippen LogP contribution is 2.10. The van der Waals surface area contributed by atoms with Gasteiger partial charge in [0.2, 0.25) is 0 Å². The summed E-state index contributed by atoms with van der Waals surface area (Å²) in [5, 5.41) is 0. The third kappa shape index (κ3) is 3.86. The monoisotopic (exact) mass is 323 g/mol. The fourth-order valence-corrected chi connectivity index (χ4v) is 2.82. The zero-order chi connectivity index (χ0) is 16.9. The first kappa shape index (κ1) is 16.3. The minimum atomic E-state index is 0.0295. The number of benzene rings is 1. The highest BCUT2D eigenvalue weighted by Gasteiger charge is 2.23. The molecule has 1 aromatic carbocycles. The van der Waals surface area contributed by atoms with Crippen molar-refractivity contribution in [3.8, 4) is 0 Å². The summed E-state index contributed by atoms with van der Waals surface area (Å²) >= 11 is 0. The SMILES string of the molecule is Cc1ccc(C(=O)CN2CCN(C(=O)c3ccncc3)CC2)cc1. The van der Waals surface area contributed by atoms with Crippen LogP contribution in [0.3, 0.4) is 0 Å². The summed E-state index contributed by atoms with van der Waals surface area (Å²) in [6.45, 7) is 5.13. The van der Waals surface area contributed by atoms with E-state index in [1.807, 2.05) is 36.1 Å². The Morgan fingerprint density at radius 3 is 2.17 bits per heavy atom. The van der Waals surface area contributed by atoms with Gasteiger partial charge in [-0.3, -0.25) is 19.5 Å². The third-order valence-corrected chi connectivity index (χ3v) is 4.33. The molecule has 0 bridgehead atoms. The molecule has 2 aromatic rings. The van der Waals surface area contributed by atoms with Crippen LogP contribution < -0.4 is 0 Å². The molecule has 1 aliphatic rings. The Labute approximate surface area is 141 Å². The van der Waals surface area contributed by atoms with Gasteiger partial charge in [-0.05, 0) is 19.1 Å². The van der Waals surface area contributed by atoms with Gasteiger partial charge in [-0.1, -0.05) is 29.8 Å². The number of ketones is 1. The second-order valence-corrected chi connectivity index (χ2v) is 6.09. The number of hydrogen-bond acceptors (Lipinski definition) is 4. The van der Waals surface area contributed by atoms with E-state index in [1.165, 1.54) is 0 Å². The molecule has 124 valence electrons. The molecule has 1 aliphatic heterocycles. The minimum absolute atomic E-state index is 0.0295. The van der Waals surface area contributed by atoms with Crippen molar-refractivity contribution in [2.75, 3.05) is 32.7 Å². The van der Waals surface area contributed by atoms with Crippen molar-refractivity contribution in [3.05, 3.63) is 65.5 Å². The van der Waals surface area contributed by atoms with Crippen molar-refractivity contribution in [2.45, 2.75) is 6.92 Å². The van der Waals surface area contributed by atoms with Gasteiger partial charge in [0.15, 0.2) is 5.78 Å². The summed E-state index contributed by atoms with van der Waals surface area (Å²) in [7, 11) is 0. The van der Waals surface area contributed by atoms with Crippen LogP contribution in [0.2, 0.25) is 0 Å². The molecule has 0 aliphatic carbocycles. The first-order chi connectivity index (χ1) is 11.6. The predicted octanol–water partition coefficient (Wildman–Crippen LogP) is 2.03. The molecule has 5 heteroatoms. The number of pyridine rings is 1. The van der Waals surface area contributed by atoms with Gasteiger partial charge in [-0.25, -0.2) is 0 Å². The maximum absolute atomic E-state index is 12.4. The molecule has 0 spiro atoms. The molecule has 1 saturated heterocycles. The molecule has 0 atom stereocenters. The van der Waals surface area contributed by atoms with Gasteiger partial charge in [0.05, 0.1) is 6.54 Å². The topological polar surface area (TPSA) is 53.5 Å². The summed E-state index contributed by atoms with van der Waals surface area (Å²) in [6, 6.07) is 11.1. The summed E-state index contributed by atoms with van der Waals surface area (Å²) in [6.07, 6.45) is 3.26. The van der Waals surface area contributed by atoms with E-state index in [2.05, 4.69) is 9.88 Å². The summed E-state index contributed by atoms with van der Waals surface area (Å²) in [5.41, 5.74) is 2.56. The highest BCUT2D eigenvalue weighted by atomic mass is 16.2. The van der Waals surface area contributed by atoms with Crippen molar-refractivity contribution in [1.82, 2.24) is 14.8 Å². The average Bonchev–Trinajstić information content (AvgIpc) is 2.63. The number of Topliss-reactive ketones (excluding diaryl/α,β-unsaturated/α-hetero) is 1. The normalized spacial score (nSPS) is 15.3. The van der Waals surface area contributed by atoms with Crippen LogP contribution >= 0.6 is 0 Å². The van der Waals surface area contributed by atoms with Gasteiger partial charge in [0, 0.05) is 49.7 Å². The Kier molecular flexibility index (Phi) is 5.01. The molecule has 3 rings (SSSR count). The number of aromatic nitrogens is 1. The third-order valence-electron chi connectivity index (χ3n) is 4.33. The molecule has 24 heavy (non-hydrogen) atoms. The van der Waals surface area contributed by atoms with Crippen LogP contribution in [-0.2, 0) is 0 Å². The molecule has 1 fully saturated rings. The zero-order valence-corrected chi connectivity index (χ0v) is 13.8. The lowest BCUT2D eigenvalue weighted by atomic mass is 10.1. The van der Waals surface area contributed by atoms with E-state index in [9.17, 15) is 9.59 Å². The van der Waals surface area contributed by atoms with Gasteiger partial charge >= 0.3 is 0 Å². The van der Waals surface area contributed by atoms with Gasteiger partial charge in [0.1, 0.15) is 0 Å². The number of carbonyl (C=O) groups excluding carboxylic acids is 2. The fourth-order valence-electron chi connectivity index (χ4n) is 2.82. The van der Waals surface area contributed by atoms with E-state index in [4.69, 9.17) is 0 Å². The Morgan fingerprint density at radius 2 is 1.54 bits per heavy atom. The van der Waals surface area contributed by atoms with E-state index in [1.54, 1.807) is 24.5 Å². The molecule has 0 unspecified atom stereocenters. The smallest absolute Gasteiger partial charge is 0.254 e. The number of carbonyl (C=O) groups is 2. The summed E-state index contributed by atoms with van der Waals surface area (Å²) in [4.78, 5) is 32.6. The Bertz CT molecular complexity index is 705. The van der Waals surface area contributed by atoms with Gasteiger partial charge in [-0.2, -0.15) is 0 Å². The van der Waals surface area contributed by atoms with Crippen LogP contribution in [0, 0.1) is 6.92 Å². The molecular formula is C19H21N3O2. The van der Waals surface area contributed by atoms with Crippen molar-refractivity contribution in [3.63, 3.8) is 0 Å². The molecule has 0 saturated carbocycles. The van der Waals surface area contributed by atoms with Crippen LogP contribution in [-0.4, -0.2) is 59.2 Å². The predicted molar refractivity (Wildman–Crippen MR) is 92.1 cm³/mol. The maximum Gasteiger partial charge on any atom is 0.254 e. The van der Waals surface area contributed by atoms with Crippen molar-refractivity contribution in [2.24, 2.45) is 0 Å². The van der Waals surface area contributed by atoms with Gasteiger partial charge in [-0.15, -0.1) is 0 Å².